The summed E-state index contributed by atoms with van der Waals surface area (Å²) in [7, 11) is 0. The SMILES string of the molecule is CCN(C(=O)C[C@H]1CCCO1)[C@@H]1CCN(c2ccccc2)C1=O. The number of hydrogen-bond donors (Lipinski definition) is 0. The largest absolute Gasteiger partial charge is 0.378 e. The van der Waals surface area contributed by atoms with E-state index in [1.54, 1.807) is 9.80 Å². The normalized spacial score (nSPS) is 24.2. The highest BCUT2D eigenvalue weighted by Crippen LogP contribution is 2.25. The van der Waals surface area contributed by atoms with Crippen molar-refractivity contribution in [2.75, 3.05) is 24.6 Å². The Bertz CT molecular complexity index is 555. The first-order valence-corrected chi connectivity index (χ1v) is 8.48. The van der Waals surface area contributed by atoms with Gasteiger partial charge in [0, 0.05) is 25.4 Å². The number of anilines is 1. The van der Waals surface area contributed by atoms with Gasteiger partial charge in [0.1, 0.15) is 6.04 Å². The lowest BCUT2D eigenvalue weighted by molar-refractivity contribution is -0.139. The third-order valence-electron chi connectivity index (χ3n) is 4.71. The molecule has 2 amide bonds. The number of carbonyl (C=O) groups excluding carboxylic acids is 2. The summed E-state index contributed by atoms with van der Waals surface area (Å²) in [6.45, 7) is 3.90. The second-order valence-corrected chi connectivity index (χ2v) is 6.15. The van der Waals surface area contributed by atoms with Gasteiger partial charge in [0.15, 0.2) is 0 Å². The van der Waals surface area contributed by atoms with Gasteiger partial charge in [-0.2, -0.15) is 0 Å². The number of nitrogens with zero attached hydrogens (tertiary/aromatic N) is 2. The molecule has 1 aromatic rings. The van der Waals surface area contributed by atoms with E-state index in [0.717, 1.165) is 25.1 Å². The van der Waals surface area contributed by atoms with Crippen molar-refractivity contribution < 1.29 is 14.3 Å². The number of benzene rings is 1. The van der Waals surface area contributed by atoms with Crippen molar-refractivity contribution >= 4 is 17.5 Å². The molecule has 0 radical (unpaired) electrons. The minimum atomic E-state index is -0.339. The molecule has 5 nitrogen and oxygen atoms in total. The maximum atomic E-state index is 12.7. The van der Waals surface area contributed by atoms with Crippen LogP contribution in [0, 0.1) is 0 Å². The summed E-state index contributed by atoms with van der Waals surface area (Å²) >= 11 is 0. The van der Waals surface area contributed by atoms with E-state index in [-0.39, 0.29) is 24.0 Å². The Kier molecular flexibility index (Phi) is 4.96. The van der Waals surface area contributed by atoms with Crippen molar-refractivity contribution in [3.63, 3.8) is 0 Å². The molecule has 5 heteroatoms. The van der Waals surface area contributed by atoms with Crippen LogP contribution in [0.3, 0.4) is 0 Å². The minimum absolute atomic E-state index is 0.0262. The monoisotopic (exact) mass is 316 g/mol. The van der Waals surface area contributed by atoms with E-state index >= 15 is 0 Å². The standard InChI is InChI=1S/C18H24N2O3/c1-2-19(17(21)13-15-9-6-12-23-15)16-10-11-20(18(16)22)14-7-4-3-5-8-14/h3-5,7-8,15-16H,2,6,9-13H2,1H3/t15-,16-/m1/s1. The van der Waals surface area contributed by atoms with Gasteiger partial charge in [0.2, 0.25) is 11.8 Å². The van der Waals surface area contributed by atoms with E-state index in [4.69, 9.17) is 4.74 Å². The molecule has 1 aromatic carbocycles. The molecule has 2 heterocycles. The molecule has 2 atom stereocenters. The van der Waals surface area contributed by atoms with Crippen LogP contribution in [0.5, 0.6) is 0 Å². The van der Waals surface area contributed by atoms with Crippen LogP contribution in [-0.2, 0) is 14.3 Å². The average molecular weight is 316 g/mol. The molecule has 0 unspecified atom stereocenters. The molecule has 0 N–H and O–H groups in total. The quantitative estimate of drug-likeness (QED) is 0.837. The van der Waals surface area contributed by atoms with Gasteiger partial charge in [-0.25, -0.2) is 0 Å². The van der Waals surface area contributed by atoms with Crippen molar-refractivity contribution in [3.8, 4) is 0 Å². The molecule has 0 aromatic heterocycles. The Morgan fingerprint density at radius 1 is 1.30 bits per heavy atom. The highest BCUT2D eigenvalue weighted by molar-refractivity contribution is 6.01. The molecular formula is C18H24N2O3. The first-order chi connectivity index (χ1) is 11.2. The van der Waals surface area contributed by atoms with E-state index in [1.165, 1.54) is 0 Å². The summed E-state index contributed by atoms with van der Waals surface area (Å²) in [6.07, 6.45) is 3.08. The van der Waals surface area contributed by atoms with E-state index in [2.05, 4.69) is 0 Å². The van der Waals surface area contributed by atoms with Crippen LogP contribution >= 0.6 is 0 Å². The van der Waals surface area contributed by atoms with Crippen LogP contribution in [0.15, 0.2) is 30.3 Å². The zero-order valence-corrected chi connectivity index (χ0v) is 13.6. The van der Waals surface area contributed by atoms with Crippen LogP contribution in [-0.4, -0.2) is 48.6 Å². The highest BCUT2D eigenvalue weighted by atomic mass is 16.5. The number of carbonyl (C=O) groups is 2. The van der Waals surface area contributed by atoms with Crippen molar-refractivity contribution in [2.45, 2.75) is 44.8 Å². The Hall–Kier alpha value is -1.88. The average Bonchev–Trinajstić information content (AvgIpc) is 3.20. The van der Waals surface area contributed by atoms with E-state index in [1.807, 2.05) is 37.3 Å². The van der Waals surface area contributed by atoms with Gasteiger partial charge in [-0.3, -0.25) is 9.59 Å². The first kappa shape index (κ1) is 16.0. The van der Waals surface area contributed by atoms with Crippen LogP contribution in [0.1, 0.15) is 32.6 Å². The second-order valence-electron chi connectivity index (χ2n) is 6.15. The zero-order valence-electron chi connectivity index (χ0n) is 13.6. The number of para-hydroxylation sites is 1. The van der Waals surface area contributed by atoms with Crippen molar-refractivity contribution in [3.05, 3.63) is 30.3 Å². The maximum absolute atomic E-state index is 12.7. The first-order valence-electron chi connectivity index (χ1n) is 8.48. The number of rotatable bonds is 5. The molecule has 23 heavy (non-hydrogen) atoms. The Morgan fingerprint density at radius 3 is 2.74 bits per heavy atom. The molecule has 2 fully saturated rings. The van der Waals surface area contributed by atoms with Gasteiger partial charge >= 0.3 is 0 Å². The Balaban J connectivity index is 1.67. The maximum Gasteiger partial charge on any atom is 0.249 e. The van der Waals surface area contributed by atoms with Crippen LogP contribution in [0.2, 0.25) is 0 Å². The minimum Gasteiger partial charge on any atom is -0.378 e. The van der Waals surface area contributed by atoms with Crippen molar-refractivity contribution in [1.29, 1.82) is 0 Å². The summed E-state index contributed by atoms with van der Waals surface area (Å²) in [6, 6.07) is 9.32. The highest BCUT2D eigenvalue weighted by Gasteiger charge is 2.38. The third-order valence-corrected chi connectivity index (χ3v) is 4.71. The number of amides is 2. The number of likely N-dealkylation sites (N-methyl/N-ethyl adjacent to an activating group) is 1. The van der Waals surface area contributed by atoms with E-state index in [9.17, 15) is 9.59 Å². The van der Waals surface area contributed by atoms with E-state index in [0.29, 0.717) is 25.9 Å². The van der Waals surface area contributed by atoms with Gasteiger partial charge in [-0.15, -0.1) is 0 Å². The van der Waals surface area contributed by atoms with Crippen molar-refractivity contribution in [2.24, 2.45) is 0 Å². The van der Waals surface area contributed by atoms with Gasteiger partial charge in [-0.05, 0) is 38.3 Å². The predicted molar refractivity (Wildman–Crippen MR) is 88.2 cm³/mol. The predicted octanol–water partition coefficient (Wildman–Crippen LogP) is 2.21. The molecular weight excluding hydrogens is 292 g/mol. The lowest BCUT2D eigenvalue weighted by Gasteiger charge is -2.28. The lowest BCUT2D eigenvalue weighted by Crippen LogP contribution is -2.46. The topological polar surface area (TPSA) is 49.9 Å². The second kappa shape index (κ2) is 7.13. The zero-order chi connectivity index (χ0) is 16.2. The molecule has 2 aliphatic heterocycles. The number of hydrogen-bond acceptors (Lipinski definition) is 3. The third kappa shape index (κ3) is 3.39. The molecule has 0 saturated carbocycles. The smallest absolute Gasteiger partial charge is 0.249 e. The summed E-state index contributed by atoms with van der Waals surface area (Å²) in [5.41, 5.74) is 0.905. The molecule has 124 valence electrons. The van der Waals surface area contributed by atoms with Crippen molar-refractivity contribution in [1.82, 2.24) is 4.90 Å². The summed E-state index contributed by atoms with van der Waals surface area (Å²) in [5.74, 6) is 0.0615. The van der Waals surface area contributed by atoms with Gasteiger partial charge in [0.25, 0.3) is 0 Å². The molecule has 0 aliphatic carbocycles. The summed E-state index contributed by atoms with van der Waals surface area (Å²) in [4.78, 5) is 28.8. The summed E-state index contributed by atoms with van der Waals surface area (Å²) < 4.78 is 5.56. The fourth-order valence-electron chi connectivity index (χ4n) is 3.51. The molecule has 0 spiro atoms. The van der Waals surface area contributed by atoms with Gasteiger partial charge < -0.3 is 14.5 Å². The summed E-state index contributed by atoms with van der Waals surface area (Å²) in [5, 5.41) is 0. The fraction of sp³-hybridized carbons (Fsp3) is 0.556. The Labute approximate surface area is 137 Å². The van der Waals surface area contributed by atoms with Gasteiger partial charge in [-0.1, -0.05) is 18.2 Å². The van der Waals surface area contributed by atoms with Gasteiger partial charge in [0.05, 0.1) is 12.5 Å². The van der Waals surface area contributed by atoms with Crippen LogP contribution in [0.4, 0.5) is 5.69 Å². The molecule has 2 saturated heterocycles. The molecule has 3 rings (SSSR count). The molecule has 2 aliphatic rings. The lowest BCUT2D eigenvalue weighted by atomic mass is 10.1. The Morgan fingerprint density at radius 2 is 2.09 bits per heavy atom. The molecule has 0 bridgehead atoms. The van der Waals surface area contributed by atoms with Crippen LogP contribution < -0.4 is 4.90 Å². The fourth-order valence-corrected chi connectivity index (χ4v) is 3.51. The van der Waals surface area contributed by atoms with E-state index < -0.39 is 0 Å². The van der Waals surface area contributed by atoms with Crippen LogP contribution in [0.25, 0.3) is 0 Å². The number of ether oxygens (including phenoxy) is 1.